The molecule has 2 atom stereocenters. The van der Waals surface area contributed by atoms with Crippen molar-refractivity contribution in [1.82, 2.24) is 5.32 Å². The molecule has 122 valence electrons. The normalized spacial score (nSPS) is 22.3. The molecule has 0 aromatic heterocycles. The van der Waals surface area contributed by atoms with Gasteiger partial charge in [-0.15, -0.1) is 0 Å². The van der Waals surface area contributed by atoms with E-state index < -0.39 is 9.84 Å². The summed E-state index contributed by atoms with van der Waals surface area (Å²) in [6, 6.07) is 6.95. The Morgan fingerprint density at radius 1 is 1.18 bits per heavy atom. The van der Waals surface area contributed by atoms with Crippen molar-refractivity contribution in [3.05, 3.63) is 29.8 Å². The van der Waals surface area contributed by atoms with E-state index in [1.807, 2.05) is 6.92 Å². The predicted octanol–water partition coefficient (Wildman–Crippen LogP) is 2.85. The molecule has 0 unspecified atom stereocenters. The van der Waals surface area contributed by atoms with E-state index in [1.165, 1.54) is 6.42 Å². The van der Waals surface area contributed by atoms with Crippen molar-refractivity contribution in [3.8, 4) is 0 Å². The zero-order valence-electron chi connectivity index (χ0n) is 13.3. The minimum absolute atomic E-state index is 0.0272. The van der Waals surface area contributed by atoms with Crippen molar-refractivity contribution in [1.29, 1.82) is 0 Å². The van der Waals surface area contributed by atoms with Gasteiger partial charge in [0.05, 0.1) is 10.6 Å². The maximum absolute atomic E-state index is 12.2. The van der Waals surface area contributed by atoms with Gasteiger partial charge in [-0.05, 0) is 37.8 Å². The Hall–Kier alpha value is -1.36. The Bertz CT molecular complexity index is 607. The molecule has 0 radical (unpaired) electrons. The first-order valence-corrected chi connectivity index (χ1v) is 9.62. The fraction of sp³-hybridized carbons (Fsp3) is 0.588. The number of nitrogens with one attached hydrogen (secondary N) is 1. The second-order valence-corrected chi connectivity index (χ2v) is 8.43. The molecule has 0 bridgehead atoms. The maximum Gasteiger partial charge on any atom is 0.221 e. The van der Waals surface area contributed by atoms with Crippen LogP contribution in [0.25, 0.3) is 0 Å². The highest BCUT2D eigenvalue weighted by molar-refractivity contribution is 7.91. The first kappa shape index (κ1) is 17.0. The number of carbonyl (C=O) groups excluding carboxylic acids is 1. The number of amides is 1. The van der Waals surface area contributed by atoms with Gasteiger partial charge in [0.2, 0.25) is 5.91 Å². The highest BCUT2D eigenvalue weighted by Gasteiger charge is 2.23. The van der Waals surface area contributed by atoms with Gasteiger partial charge >= 0.3 is 0 Å². The van der Waals surface area contributed by atoms with Crippen LogP contribution in [0.15, 0.2) is 29.2 Å². The van der Waals surface area contributed by atoms with Gasteiger partial charge in [-0.1, -0.05) is 37.5 Å². The standard InChI is InChI=1S/C17H25NO3S/c1-13-7-9-15(10-8-13)22(20,21)12-11-17(19)18-16-6-4-3-5-14(16)2/h7-10,14,16H,3-6,11-12H2,1-2H3,(H,18,19)/t14-,16+/m0/s1. The minimum Gasteiger partial charge on any atom is -0.353 e. The molecule has 1 N–H and O–H groups in total. The highest BCUT2D eigenvalue weighted by atomic mass is 32.2. The molecule has 1 aliphatic carbocycles. The molecule has 2 rings (SSSR count). The van der Waals surface area contributed by atoms with Crippen LogP contribution in [0.1, 0.15) is 44.6 Å². The summed E-state index contributed by atoms with van der Waals surface area (Å²) < 4.78 is 24.4. The van der Waals surface area contributed by atoms with Crippen LogP contribution in [-0.2, 0) is 14.6 Å². The fourth-order valence-electron chi connectivity index (χ4n) is 2.90. The van der Waals surface area contributed by atoms with Gasteiger partial charge in [0.1, 0.15) is 0 Å². The Balaban J connectivity index is 1.88. The summed E-state index contributed by atoms with van der Waals surface area (Å²) in [6.07, 6.45) is 4.51. The molecule has 1 fully saturated rings. The Morgan fingerprint density at radius 2 is 1.82 bits per heavy atom. The van der Waals surface area contributed by atoms with Crippen molar-refractivity contribution in [2.75, 3.05) is 5.75 Å². The average molecular weight is 323 g/mol. The SMILES string of the molecule is Cc1ccc(S(=O)(=O)CCC(=O)N[C@@H]2CCCC[C@@H]2C)cc1. The number of aryl methyl sites for hydroxylation is 1. The lowest BCUT2D eigenvalue weighted by atomic mass is 9.86. The first-order valence-electron chi connectivity index (χ1n) is 7.97. The maximum atomic E-state index is 12.2. The number of sulfone groups is 1. The Labute approximate surface area is 133 Å². The van der Waals surface area contributed by atoms with E-state index in [-0.39, 0.29) is 29.0 Å². The summed E-state index contributed by atoms with van der Waals surface area (Å²) in [4.78, 5) is 12.3. The number of hydrogen-bond acceptors (Lipinski definition) is 3. The lowest BCUT2D eigenvalue weighted by Gasteiger charge is -2.29. The molecular formula is C17H25NO3S. The molecule has 0 spiro atoms. The van der Waals surface area contributed by atoms with Gasteiger partial charge < -0.3 is 5.32 Å². The second-order valence-electron chi connectivity index (χ2n) is 6.32. The largest absolute Gasteiger partial charge is 0.353 e. The predicted molar refractivity (Wildman–Crippen MR) is 87.4 cm³/mol. The quantitative estimate of drug-likeness (QED) is 0.906. The summed E-state index contributed by atoms with van der Waals surface area (Å²) in [5.74, 6) is 0.184. The van der Waals surface area contributed by atoms with Crippen LogP contribution in [-0.4, -0.2) is 26.1 Å². The molecule has 0 heterocycles. The molecule has 0 aliphatic heterocycles. The van der Waals surface area contributed by atoms with E-state index in [9.17, 15) is 13.2 Å². The third-order valence-corrected chi connectivity index (χ3v) is 6.17. The van der Waals surface area contributed by atoms with Gasteiger partial charge in [-0.25, -0.2) is 8.42 Å². The van der Waals surface area contributed by atoms with Crippen LogP contribution < -0.4 is 5.32 Å². The monoisotopic (exact) mass is 323 g/mol. The summed E-state index contributed by atoms with van der Waals surface area (Å²) in [5.41, 5.74) is 1.02. The minimum atomic E-state index is -3.39. The van der Waals surface area contributed by atoms with Gasteiger partial charge in [-0.3, -0.25) is 4.79 Å². The van der Waals surface area contributed by atoms with Gasteiger partial charge in [0.25, 0.3) is 0 Å². The summed E-state index contributed by atoms with van der Waals surface area (Å²) in [6.45, 7) is 4.06. The van der Waals surface area contributed by atoms with Crippen molar-refractivity contribution < 1.29 is 13.2 Å². The number of carbonyl (C=O) groups is 1. The van der Waals surface area contributed by atoms with Gasteiger partial charge in [-0.2, -0.15) is 0 Å². The molecule has 1 amide bonds. The molecule has 22 heavy (non-hydrogen) atoms. The highest BCUT2D eigenvalue weighted by Crippen LogP contribution is 2.23. The zero-order valence-corrected chi connectivity index (χ0v) is 14.2. The fourth-order valence-corrected chi connectivity index (χ4v) is 4.14. The van der Waals surface area contributed by atoms with E-state index in [4.69, 9.17) is 0 Å². The first-order chi connectivity index (χ1) is 10.4. The van der Waals surface area contributed by atoms with E-state index in [2.05, 4.69) is 12.2 Å². The molecule has 1 aromatic carbocycles. The van der Waals surface area contributed by atoms with Crippen LogP contribution in [0.5, 0.6) is 0 Å². The van der Waals surface area contributed by atoms with Crippen LogP contribution in [0.3, 0.4) is 0 Å². The molecule has 1 aromatic rings. The lowest BCUT2D eigenvalue weighted by Crippen LogP contribution is -2.41. The third kappa shape index (κ3) is 4.57. The van der Waals surface area contributed by atoms with E-state index in [0.717, 1.165) is 24.8 Å². The molecule has 5 heteroatoms. The third-order valence-electron chi connectivity index (χ3n) is 4.44. The van der Waals surface area contributed by atoms with Crippen LogP contribution in [0, 0.1) is 12.8 Å². The van der Waals surface area contributed by atoms with Crippen LogP contribution in [0.2, 0.25) is 0 Å². The summed E-state index contributed by atoms with van der Waals surface area (Å²) in [5, 5.41) is 3.00. The summed E-state index contributed by atoms with van der Waals surface area (Å²) in [7, 11) is -3.39. The van der Waals surface area contributed by atoms with Crippen molar-refractivity contribution in [2.45, 2.75) is 56.9 Å². The van der Waals surface area contributed by atoms with Crippen LogP contribution in [0.4, 0.5) is 0 Å². The van der Waals surface area contributed by atoms with Gasteiger partial charge in [0.15, 0.2) is 9.84 Å². The molecule has 4 nitrogen and oxygen atoms in total. The van der Waals surface area contributed by atoms with E-state index >= 15 is 0 Å². The topological polar surface area (TPSA) is 63.2 Å². The van der Waals surface area contributed by atoms with Crippen molar-refractivity contribution in [2.24, 2.45) is 5.92 Å². The van der Waals surface area contributed by atoms with E-state index in [1.54, 1.807) is 24.3 Å². The number of benzene rings is 1. The van der Waals surface area contributed by atoms with E-state index in [0.29, 0.717) is 5.92 Å². The summed E-state index contributed by atoms with van der Waals surface area (Å²) >= 11 is 0. The zero-order chi connectivity index (χ0) is 16.2. The smallest absolute Gasteiger partial charge is 0.221 e. The average Bonchev–Trinajstić information content (AvgIpc) is 2.48. The van der Waals surface area contributed by atoms with Crippen molar-refractivity contribution >= 4 is 15.7 Å². The molecule has 1 aliphatic rings. The number of hydrogen-bond donors (Lipinski definition) is 1. The van der Waals surface area contributed by atoms with Crippen LogP contribution >= 0.6 is 0 Å². The number of rotatable bonds is 5. The Kier molecular flexibility index (Phi) is 5.62. The van der Waals surface area contributed by atoms with Gasteiger partial charge in [0, 0.05) is 12.5 Å². The molecule has 0 saturated heterocycles. The molecular weight excluding hydrogens is 298 g/mol. The Morgan fingerprint density at radius 3 is 2.45 bits per heavy atom. The van der Waals surface area contributed by atoms with Crippen molar-refractivity contribution in [3.63, 3.8) is 0 Å². The second kappa shape index (κ2) is 7.27. The lowest BCUT2D eigenvalue weighted by molar-refractivity contribution is -0.122. The molecule has 1 saturated carbocycles.